The van der Waals surface area contributed by atoms with E-state index in [0.717, 1.165) is 19.3 Å². The molecule has 150 valence electrons. The molecule has 3 saturated carbocycles. The number of halogens is 1. The van der Waals surface area contributed by atoms with Crippen LogP contribution in [0, 0.1) is 40.4 Å². The molecule has 27 heavy (non-hydrogen) atoms. The van der Waals surface area contributed by atoms with Gasteiger partial charge < -0.3 is 4.74 Å². The fraction of sp³-hybridized carbons (Fsp3) is 0.826. The zero-order valence-electron chi connectivity index (χ0n) is 16.9. The van der Waals surface area contributed by atoms with Crippen molar-refractivity contribution in [1.29, 1.82) is 0 Å². The van der Waals surface area contributed by atoms with Crippen molar-refractivity contribution in [2.24, 2.45) is 40.4 Å². The predicted molar refractivity (Wildman–Crippen MR) is 115 cm³/mol. The van der Waals surface area contributed by atoms with Crippen LogP contribution in [0.1, 0.15) is 65.7 Å². The minimum Gasteiger partial charge on any atom is -0.461 e. The molecular weight excluding hydrogens is 451 g/mol. The number of Topliss-reactive ketones (excluding diaryl/α,β-unsaturated/α-hetero) is 1. The average Bonchev–Trinajstić information content (AvgIpc) is 2.97. The summed E-state index contributed by atoms with van der Waals surface area (Å²) >= 11 is 2.11. The molecule has 4 aliphatic rings. The summed E-state index contributed by atoms with van der Waals surface area (Å²) in [6.45, 7) is 6.55. The number of allylic oxidation sites excluding steroid dienone is 2. The molecule has 4 heteroatoms. The number of hydrogen-bond donors (Lipinski definition) is 0. The number of alkyl halides is 1. The van der Waals surface area contributed by atoms with Gasteiger partial charge in [0.1, 0.15) is 11.9 Å². The van der Waals surface area contributed by atoms with E-state index in [0.29, 0.717) is 33.9 Å². The highest BCUT2D eigenvalue weighted by atomic mass is 127. The van der Waals surface area contributed by atoms with Gasteiger partial charge in [0.25, 0.3) is 0 Å². The summed E-state index contributed by atoms with van der Waals surface area (Å²) in [6.07, 6.45) is 12.5. The van der Waals surface area contributed by atoms with Gasteiger partial charge in [0.05, 0.1) is 4.43 Å². The Morgan fingerprint density at radius 2 is 1.89 bits per heavy atom. The monoisotopic (exact) mass is 484 g/mol. The first kappa shape index (κ1) is 19.9. The zero-order valence-corrected chi connectivity index (χ0v) is 19.0. The number of rotatable bonds is 3. The Bertz CT molecular complexity index is 658. The molecule has 4 rings (SSSR count). The molecule has 0 aromatic rings. The third-order valence-corrected chi connectivity index (χ3v) is 9.62. The van der Waals surface area contributed by atoms with Crippen molar-refractivity contribution in [2.45, 2.75) is 71.8 Å². The van der Waals surface area contributed by atoms with Crippen molar-refractivity contribution < 1.29 is 14.3 Å². The number of hydrogen-bond acceptors (Lipinski definition) is 3. The predicted octanol–water partition coefficient (Wildman–Crippen LogP) is 5.36. The van der Waals surface area contributed by atoms with Crippen LogP contribution in [0.4, 0.5) is 0 Å². The molecule has 0 amide bonds. The summed E-state index contributed by atoms with van der Waals surface area (Å²) < 4.78 is 6.55. The second kappa shape index (κ2) is 7.14. The highest BCUT2D eigenvalue weighted by molar-refractivity contribution is 14.1. The zero-order chi connectivity index (χ0) is 19.4. The Kier molecular flexibility index (Phi) is 5.26. The third-order valence-electron chi connectivity index (χ3n) is 9.00. The number of carbonyl (C=O) groups is 2. The van der Waals surface area contributed by atoms with Crippen LogP contribution in [0.25, 0.3) is 0 Å². The van der Waals surface area contributed by atoms with Crippen molar-refractivity contribution in [3.63, 3.8) is 0 Å². The van der Waals surface area contributed by atoms with Crippen molar-refractivity contribution in [3.8, 4) is 0 Å². The van der Waals surface area contributed by atoms with Gasteiger partial charge in [-0.25, -0.2) is 0 Å². The van der Waals surface area contributed by atoms with E-state index in [9.17, 15) is 9.59 Å². The minimum absolute atomic E-state index is 0.00305. The van der Waals surface area contributed by atoms with Gasteiger partial charge in [0, 0.05) is 11.8 Å². The van der Waals surface area contributed by atoms with Gasteiger partial charge in [-0.1, -0.05) is 48.6 Å². The van der Waals surface area contributed by atoms with Gasteiger partial charge in [-0.05, 0) is 80.5 Å². The van der Waals surface area contributed by atoms with Crippen LogP contribution in [-0.4, -0.2) is 22.3 Å². The lowest BCUT2D eigenvalue weighted by molar-refractivity contribution is -0.187. The van der Waals surface area contributed by atoms with Crippen LogP contribution >= 0.6 is 22.6 Å². The number of carbonyl (C=O) groups excluding carboxylic acids is 2. The van der Waals surface area contributed by atoms with E-state index in [1.54, 1.807) is 6.92 Å². The smallest absolute Gasteiger partial charge is 0.316 e. The Labute approximate surface area is 177 Å². The summed E-state index contributed by atoms with van der Waals surface area (Å²) in [5.74, 6) is 2.73. The fourth-order valence-corrected chi connectivity index (χ4v) is 8.09. The first-order valence-electron chi connectivity index (χ1n) is 10.7. The van der Waals surface area contributed by atoms with Gasteiger partial charge in [0.2, 0.25) is 0 Å². The van der Waals surface area contributed by atoms with Crippen LogP contribution in [0.5, 0.6) is 0 Å². The molecule has 0 aromatic heterocycles. The van der Waals surface area contributed by atoms with E-state index in [4.69, 9.17) is 4.74 Å². The SMILES string of the molecule is CC(=O)[C@H]1CC[C@H]2[C@@H]3CCC4CC=CC[C@]4(C)[C@H]3C(OC(=O)CI)C[C@]12C. The molecule has 3 nitrogen and oxygen atoms in total. The largest absolute Gasteiger partial charge is 0.461 e. The van der Waals surface area contributed by atoms with Gasteiger partial charge in [-0.3, -0.25) is 9.59 Å². The fourth-order valence-electron chi connectivity index (χ4n) is 7.91. The molecule has 0 spiro atoms. The van der Waals surface area contributed by atoms with Crippen molar-refractivity contribution in [2.75, 3.05) is 4.43 Å². The number of fused-ring (bicyclic) bond motifs is 5. The van der Waals surface area contributed by atoms with Crippen molar-refractivity contribution in [3.05, 3.63) is 12.2 Å². The number of esters is 1. The maximum Gasteiger partial charge on any atom is 0.316 e. The van der Waals surface area contributed by atoms with E-state index in [2.05, 4.69) is 48.6 Å². The second-order valence-electron chi connectivity index (χ2n) is 10.1. The molecule has 3 fully saturated rings. The van der Waals surface area contributed by atoms with Crippen LogP contribution in [-0.2, 0) is 14.3 Å². The normalized spacial score (nSPS) is 48.3. The topological polar surface area (TPSA) is 43.4 Å². The molecule has 0 aromatic carbocycles. The standard InChI is InChI=1S/C23H33IO3/c1-14(25)17-9-10-18-16-8-7-15-6-4-5-11-22(15,2)21(16)19(12-23(17,18)3)27-20(26)13-24/h4-5,15-19,21H,6-13H2,1-3H3/t15?,16-,17+,18-,19?,21+,22-,23+/m0/s1. The second-order valence-corrected chi connectivity index (χ2v) is 10.9. The van der Waals surface area contributed by atoms with E-state index < -0.39 is 0 Å². The van der Waals surface area contributed by atoms with Crippen LogP contribution in [0.15, 0.2) is 12.2 Å². The summed E-state index contributed by atoms with van der Waals surface area (Å²) in [5.41, 5.74) is 0.223. The molecule has 0 saturated heterocycles. The molecule has 8 atom stereocenters. The lowest BCUT2D eigenvalue weighted by Crippen LogP contribution is -2.59. The van der Waals surface area contributed by atoms with Crippen molar-refractivity contribution >= 4 is 34.3 Å². The molecule has 2 unspecified atom stereocenters. The Balaban J connectivity index is 1.74. The molecule has 0 heterocycles. The quantitative estimate of drug-likeness (QED) is 0.235. The summed E-state index contributed by atoms with van der Waals surface area (Å²) in [5, 5.41) is 0. The highest BCUT2D eigenvalue weighted by Gasteiger charge is 2.64. The molecule has 4 aliphatic carbocycles. The van der Waals surface area contributed by atoms with Gasteiger partial charge >= 0.3 is 5.97 Å². The highest BCUT2D eigenvalue weighted by Crippen LogP contribution is 2.67. The number of ether oxygens (including phenoxy) is 1. The van der Waals surface area contributed by atoms with E-state index in [1.807, 2.05) is 0 Å². The lowest BCUT2D eigenvalue weighted by Gasteiger charge is -2.61. The van der Waals surface area contributed by atoms with Crippen LogP contribution in [0.2, 0.25) is 0 Å². The average molecular weight is 484 g/mol. The Morgan fingerprint density at radius 3 is 2.59 bits per heavy atom. The van der Waals surface area contributed by atoms with Gasteiger partial charge in [-0.15, -0.1) is 0 Å². The summed E-state index contributed by atoms with van der Waals surface area (Å²) in [7, 11) is 0. The van der Waals surface area contributed by atoms with Crippen LogP contribution < -0.4 is 0 Å². The summed E-state index contributed by atoms with van der Waals surface area (Å²) in [4.78, 5) is 24.7. The maximum atomic E-state index is 12.4. The molecule has 0 aliphatic heterocycles. The molecule has 0 N–H and O–H groups in total. The van der Waals surface area contributed by atoms with E-state index in [1.165, 1.54) is 25.7 Å². The molecular formula is C23H33IO3. The summed E-state index contributed by atoms with van der Waals surface area (Å²) in [6, 6.07) is 0. The van der Waals surface area contributed by atoms with Crippen molar-refractivity contribution in [1.82, 2.24) is 0 Å². The number of ketones is 1. The molecule has 0 bridgehead atoms. The third kappa shape index (κ3) is 3.03. The van der Waals surface area contributed by atoms with Gasteiger partial charge in [-0.2, -0.15) is 0 Å². The first-order chi connectivity index (χ1) is 12.8. The maximum absolute atomic E-state index is 12.4. The lowest BCUT2D eigenvalue weighted by atomic mass is 9.44. The first-order valence-corrected chi connectivity index (χ1v) is 12.2. The van der Waals surface area contributed by atoms with E-state index >= 15 is 0 Å². The van der Waals surface area contributed by atoms with Crippen LogP contribution in [0.3, 0.4) is 0 Å². The Morgan fingerprint density at radius 1 is 1.11 bits per heavy atom. The van der Waals surface area contributed by atoms with Gasteiger partial charge in [0.15, 0.2) is 0 Å². The Hall–Kier alpha value is -0.390. The van der Waals surface area contributed by atoms with E-state index in [-0.39, 0.29) is 28.8 Å². The minimum atomic E-state index is -0.0872. The molecule has 0 radical (unpaired) electrons.